The Morgan fingerprint density at radius 1 is 1.26 bits per heavy atom. The van der Waals surface area contributed by atoms with Crippen LogP contribution in [0.3, 0.4) is 0 Å². The Bertz CT molecular complexity index is 774. The van der Waals surface area contributed by atoms with Crippen LogP contribution in [0.1, 0.15) is 32.1 Å². The molecule has 0 aliphatic carbocycles. The summed E-state index contributed by atoms with van der Waals surface area (Å²) in [5.41, 5.74) is 5.52. The van der Waals surface area contributed by atoms with Crippen LogP contribution in [0.4, 0.5) is 5.82 Å². The molecule has 1 amide bonds. The first kappa shape index (κ1) is 18.6. The van der Waals surface area contributed by atoms with E-state index in [-0.39, 0.29) is 18.1 Å². The molecule has 146 valence electrons. The number of carbonyl (C=O) groups excluding carboxylic acids is 1. The molecule has 4 heterocycles. The van der Waals surface area contributed by atoms with E-state index < -0.39 is 0 Å². The van der Waals surface area contributed by atoms with E-state index in [4.69, 9.17) is 10.5 Å². The van der Waals surface area contributed by atoms with Crippen molar-refractivity contribution in [2.75, 3.05) is 37.7 Å². The van der Waals surface area contributed by atoms with Gasteiger partial charge in [-0.15, -0.1) is 11.3 Å². The topological polar surface area (TPSA) is 84.6 Å². The fraction of sp³-hybridized carbons (Fsp3) is 0.632. The molecule has 2 saturated heterocycles. The van der Waals surface area contributed by atoms with E-state index in [1.807, 2.05) is 10.3 Å². The molecule has 7 nitrogen and oxygen atoms in total. The van der Waals surface area contributed by atoms with Gasteiger partial charge < -0.3 is 20.3 Å². The van der Waals surface area contributed by atoms with Crippen LogP contribution in [0.2, 0.25) is 0 Å². The van der Waals surface area contributed by atoms with Crippen molar-refractivity contribution in [2.24, 2.45) is 5.73 Å². The predicted molar refractivity (Wildman–Crippen MR) is 107 cm³/mol. The van der Waals surface area contributed by atoms with Crippen LogP contribution >= 0.6 is 11.3 Å². The van der Waals surface area contributed by atoms with Gasteiger partial charge in [-0.2, -0.15) is 0 Å². The molecule has 0 bridgehead atoms. The van der Waals surface area contributed by atoms with Crippen molar-refractivity contribution in [1.82, 2.24) is 14.9 Å². The van der Waals surface area contributed by atoms with E-state index in [0.29, 0.717) is 6.54 Å². The summed E-state index contributed by atoms with van der Waals surface area (Å²) in [6, 6.07) is 1.94. The minimum Gasteiger partial charge on any atom is -0.378 e. The monoisotopic (exact) mass is 389 g/mol. The highest BCUT2D eigenvalue weighted by molar-refractivity contribution is 7.16. The molecule has 0 spiro atoms. The van der Waals surface area contributed by atoms with Gasteiger partial charge in [0.05, 0.1) is 11.5 Å². The highest BCUT2D eigenvalue weighted by Gasteiger charge is 2.36. The molecule has 2 fully saturated rings. The highest BCUT2D eigenvalue weighted by atomic mass is 32.1. The lowest BCUT2D eigenvalue weighted by Crippen LogP contribution is -2.49. The second-order valence-electron chi connectivity index (χ2n) is 7.23. The minimum absolute atomic E-state index is 0.113. The van der Waals surface area contributed by atoms with Crippen molar-refractivity contribution < 1.29 is 9.53 Å². The molecule has 8 heteroatoms. The lowest BCUT2D eigenvalue weighted by atomic mass is 10.1. The number of hydrogen-bond acceptors (Lipinski definition) is 7. The molecule has 0 aromatic carbocycles. The predicted octanol–water partition coefficient (Wildman–Crippen LogP) is 2.02. The molecule has 1 atom stereocenters. The van der Waals surface area contributed by atoms with E-state index in [1.165, 1.54) is 0 Å². The maximum Gasteiger partial charge on any atom is 0.245 e. The third-order valence-electron chi connectivity index (χ3n) is 5.51. The largest absolute Gasteiger partial charge is 0.378 e. The first-order chi connectivity index (χ1) is 13.3. The molecule has 2 N–H and O–H groups in total. The third-order valence-corrected chi connectivity index (χ3v) is 6.33. The van der Waals surface area contributed by atoms with Crippen molar-refractivity contribution in [3.05, 3.63) is 17.8 Å². The van der Waals surface area contributed by atoms with Gasteiger partial charge in [-0.05, 0) is 50.1 Å². The Morgan fingerprint density at radius 3 is 2.93 bits per heavy atom. The molecule has 0 radical (unpaired) electrons. The van der Waals surface area contributed by atoms with Gasteiger partial charge in [-0.25, -0.2) is 9.97 Å². The first-order valence-electron chi connectivity index (χ1n) is 9.83. The van der Waals surface area contributed by atoms with E-state index in [0.717, 1.165) is 74.4 Å². The van der Waals surface area contributed by atoms with Crippen LogP contribution in [-0.4, -0.2) is 65.7 Å². The number of hydrogen-bond donors (Lipinski definition) is 1. The SMILES string of the molecule is NCCCOC1CCN(C(=O)C2CCCN2c2ncnc3sccc23)CC1. The quantitative estimate of drug-likeness (QED) is 0.761. The van der Waals surface area contributed by atoms with Crippen molar-refractivity contribution in [2.45, 2.75) is 44.2 Å². The number of nitrogens with two attached hydrogens (primary N) is 1. The fourth-order valence-electron chi connectivity index (χ4n) is 4.07. The molecule has 0 saturated carbocycles. The van der Waals surface area contributed by atoms with Gasteiger partial charge in [0.15, 0.2) is 0 Å². The molecule has 2 aliphatic heterocycles. The van der Waals surface area contributed by atoms with Gasteiger partial charge in [0.2, 0.25) is 5.91 Å². The van der Waals surface area contributed by atoms with Crippen LogP contribution < -0.4 is 10.6 Å². The Balaban J connectivity index is 1.41. The van der Waals surface area contributed by atoms with Crippen molar-refractivity contribution in [3.8, 4) is 0 Å². The Hall–Kier alpha value is -1.77. The molecule has 27 heavy (non-hydrogen) atoms. The first-order valence-corrected chi connectivity index (χ1v) is 10.7. The number of rotatable bonds is 6. The Morgan fingerprint density at radius 2 is 2.11 bits per heavy atom. The fourth-order valence-corrected chi connectivity index (χ4v) is 4.80. The zero-order chi connectivity index (χ0) is 18.6. The summed E-state index contributed by atoms with van der Waals surface area (Å²) < 4.78 is 5.86. The van der Waals surface area contributed by atoms with E-state index >= 15 is 0 Å². The molecule has 1 unspecified atom stereocenters. The van der Waals surface area contributed by atoms with Crippen molar-refractivity contribution in [1.29, 1.82) is 0 Å². The van der Waals surface area contributed by atoms with Gasteiger partial charge in [0.1, 0.15) is 23.0 Å². The number of carbonyl (C=O) groups is 1. The maximum atomic E-state index is 13.2. The number of thiophene rings is 1. The van der Waals surface area contributed by atoms with Gasteiger partial charge in [-0.1, -0.05) is 0 Å². The van der Waals surface area contributed by atoms with Crippen LogP contribution in [0, 0.1) is 0 Å². The highest BCUT2D eigenvalue weighted by Crippen LogP contribution is 2.32. The molecule has 4 rings (SSSR count). The van der Waals surface area contributed by atoms with E-state index in [9.17, 15) is 4.79 Å². The average molecular weight is 390 g/mol. The van der Waals surface area contributed by atoms with E-state index in [1.54, 1.807) is 17.7 Å². The molecule has 2 aromatic heterocycles. The summed E-state index contributed by atoms with van der Waals surface area (Å²) >= 11 is 1.61. The van der Waals surface area contributed by atoms with E-state index in [2.05, 4.69) is 20.9 Å². The number of likely N-dealkylation sites (tertiary alicyclic amines) is 1. The number of piperidine rings is 1. The molecule has 2 aromatic rings. The molecule has 2 aliphatic rings. The standard InChI is InChI=1S/C19H27N5O2S/c20-7-2-11-26-14-4-9-23(10-5-14)19(25)16-3-1-8-24(16)17-15-6-12-27-18(15)22-13-21-17/h6,12-14,16H,1-5,7-11,20H2. The van der Waals surface area contributed by atoms with Crippen molar-refractivity contribution >= 4 is 33.3 Å². The van der Waals surface area contributed by atoms with Gasteiger partial charge in [0, 0.05) is 26.2 Å². The smallest absolute Gasteiger partial charge is 0.245 e. The number of fused-ring (bicyclic) bond motifs is 1. The number of amides is 1. The van der Waals surface area contributed by atoms with Gasteiger partial charge in [0.25, 0.3) is 0 Å². The lowest BCUT2D eigenvalue weighted by molar-refractivity contribution is -0.135. The van der Waals surface area contributed by atoms with Crippen LogP contribution in [0.5, 0.6) is 0 Å². The zero-order valence-electron chi connectivity index (χ0n) is 15.5. The Labute approximate surface area is 163 Å². The molecular formula is C19H27N5O2S. The summed E-state index contributed by atoms with van der Waals surface area (Å²) in [4.78, 5) is 27.2. The molecular weight excluding hydrogens is 362 g/mol. The van der Waals surface area contributed by atoms with Crippen molar-refractivity contribution in [3.63, 3.8) is 0 Å². The normalized spacial score (nSPS) is 21.3. The van der Waals surface area contributed by atoms with Crippen LogP contribution in [0.25, 0.3) is 10.2 Å². The summed E-state index contributed by atoms with van der Waals surface area (Å²) in [7, 11) is 0. The van der Waals surface area contributed by atoms with Crippen LogP contribution in [0.15, 0.2) is 17.8 Å². The maximum absolute atomic E-state index is 13.2. The number of nitrogens with zero attached hydrogens (tertiary/aromatic N) is 4. The van der Waals surface area contributed by atoms with Crippen LogP contribution in [-0.2, 0) is 9.53 Å². The zero-order valence-corrected chi connectivity index (χ0v) is 16.4. The van der Waals surface area contributed by atoms with Gasteiger partial charge >= 0.3 is 0 Å². The summed E-state index contributed by atoms with van der Waals surface area (Å²) in [5.74, 6) is 1.13. The summed E-state index contributed by atoms with van der Waals surface area (Å²) in [6.07, 6.45) is 6.49. The second kappa shape index (κ2) is 8.50. The Kier molecular flexibility index (Phi) is 5.85. The number of anilines is 1. The lowest BCUT2D eigenvalue weighted by Gasteiger charge is -2.35. The number of aromatic nitrogens is 2. The summed E-state index contributed by atoms with van der Waals surface area (Å²) in [5, 5.41) is 3.08. The third kappa shape index (κ3) is 3.93. The second-order valence-corrected chi connectivity index (χ2v) is 8.12. The van der Waals surface area contributed by atoms with Gasteiger partial charge in [-0.3, -0.25) is 4.79 Å². The average Bonchev–Trinajstić information content (AvgIpc) is 3.37. The minimum atomic E-state index is -0.113. The summed E-state index contributed by atoms with van der Waals surface area (Å²) in [6.45, 7) is 3.80. The number of ether oxygens (including phenoxy) is 1.